The average Bonchev–Trinajstić information content (AvgIpc) is 3.87. The van der Waals surface area contributed by atoms with E-state index in [1.165, 1.54) is 60.4 Å². The van der Waals surface area contributed by atoms with Crippen LogP contribution >= 0.6 is 0 Å². The molecule has 62 heavy (non-hydrogen) atoms. The lowest BCUT2D eigenvalue weighted by atomic mass is 10.0. The highest BCUT2D eigenvalue weighted by atomic mass is 15.0. The Kier molecular flexibility index (Phi) is 8.46. The monoisotopic (exact) mass is 790 g/mol. The van der Waals surface area contributed by atoms with Crippen molar-refractivity contribution in [1.29, 1.82) is 0 Å². The lowest BCUT2D eigenvalue weighted by Crippen LogP contribution is -1.96. The van der Waals surface area contributed by atoms with Crippen molar-refractivity contribution in [2.24, 2.45) is 0 Å². The minimum absolute atomic E-state index is 0.703. The van der Waals surface area contributed by atoms with Crippen LogP contribution in [0.25, 0.3) is 111 Å². The number of hydrogen-bond donors (Lipinski definition) is 0. The van der Waals surface area contributed by atoms with Gasteiger partial charge in [-0.2, -0.15) is 0 Å². The van der Waals surface area contributed by atoms with Crippen LogP contribution in [-0.2, 0) is 0 Å². The van der Waals surface area contributed by atoms with Gasteiger partial charge >= 0.3 is 0 Å². The van der Waals surface area contributed by atoms with Crippen molar-refractivity contribution in [2.45, 2.75) is 0 Å². The zero-order chi connectivity index (χ0) is 41.0. The SMILES string of the molecule is c1ccc(-c2cc(-c3ccccc3)nc(-c3ccc(-c4ccc5c6ccccc6n(-c6ccc(-c7ccc8c(c7)c7ccccc7n8-c7ccccc7)cc6)c5c4)cc3)n2)cc1. The summed E-state index contributed by atoms with van der Waals surface area (Å²) in [6.07, 6.45) is 0. The molecule has 4 heteroatoms. The maximum absolute atomic E-state index is 5.06. The summed E-state index contributed by atoms with van der Waals surface area (Å²) in [5, 5.41) is 4.96. The first-order valence-corrected chi connectivity index (χ1v) is 21.1. The molecule has 0 bridgehead atoms. The highest BCUT2D eigenvalue weighted by Crippen LogP contribution is 2.38. The van der Waals surface area contributed by atoms with Crippen molar-refractivity contribution in [1.82, 2.24) is 19.1 Å². The largest absolute Gasteiger partial charge is 0.309 e. The van der Waals surface area contributed by atoms with Crippen LogP contribution in [0.1, 0.15) is 0 Å². The molecule has 290 valence electrons. The van der Waals surface area contributed by atoms with Crippen molar-refractivity contribution < 1.29 is 0 Å². The summed E-state index contributed by atoms with van der Waals surface area (Å²) in [4.78, 5) is 10.1. The minimum Gasteiger partial charge on any atom is -0.309 e. The summed E-state index contributed by atoms with van der Waals surface area (Å²) in [5.74, 6) is 0.703. The fourth-order valence-corrected chi connectivity index (χ4v) is 9.14. The Morgan fingerprint density at radius 2 is 0.661 bits per heavy atom. The Bertz CT molecular complexity index is 3530. The highest BCUT2D eigenvalue weighted by molar-refractivity contribution is 6.11. The number of fused-ring (bicyclic) bond motifs is 6. The average molecular weight is 791 g/mol. The van der Waals surface area contributed by atoms with E-state index in [0.29, 0.717) is 5.82 Å². The van der Waals surface area contributed by atoms with Gasteiger partial charge in [0, 0.05) is 49.6 Å². The van der Waals surface area contributed by atoms with Gasteiger partial charge in [-0.15, -0.1) is 0 Å². The van der Waals surface area contributed by atoms with Crippen molar-refractivity contribution in [3.63, 3.8) is 0 Å². The summed E-state index contributed by atoms with van der Waals surface area (Å²) in [6, 6.07) is 82.2. The Labute approximate surface area is 359 Å². The number of aromatic nitrogens is 4. The Balaban J connectivity index is 0.909. The van der Waals surface area contributed by atoms with E-state index in [9.17, 15) is 0 Å². The third-order valence-corrected chi connectivity index (χ3v) is 12.2. The van der Waals surface area contributed by atoms with E-state index in [-0.39, 0.29) is 0 Å². The fourth-order valence-electron chi connectivity index (χ4n) is 9.14. The molecule has 12 aromatic rings. The first kappa shape index (κ1) is 35.6. The summed E-state index contributed by atoms with van der Waals surface area (Å²) in [6.45, 7) is 0. The molecule has 3 aromatic heterocycles. The molecule has 9 aromatic carbocycles. The molecule has 0 saturated carbocycles. The first-order valence-electron chi connectivity index (χ1n) is 21.1. The quantitative estimate of drug-likeness (QED) is 0.161. The van der Waals surface area contributed by atoms with Gasteiger partial charge in [0.2, 0.25) is 0 Å². The maximum Gasteiger partial charge on any atom is 0.160 e. The van der Waals surface area contributed by atoms with Crippen molar-refractivity contribution in [3.05, 3.63) is 231 Å². The molecule has 0 unspecified atom stereocenters. The van der Waals surface area contributed by atoms with Crippen molar-refractivity contribution in [2.75, 3.05) is 0 Å². The van der Waals surface area contributed by atoms with E-state index in [2.05, 4.69) is 203 Å². The summed E-state index contributed by atoms with van der Waals surface area (Å²) in [5.41, 5.74) is 16.6. The molecule has 0 amide bonds. The van der Waals surface area contributed by atoms with Gasteiger partial charge in [0.25, 0.3) is 0 Å². The van der Waals surface area contributed by atoms with Crippen molar-refractivity contribution >= 4 is 43.6 Å². The number of benzene rings is 9. The van der Waals surface area contributed by atoms with Gasteiger partial charge < -0.3 is 9.13 Å². The molecule has 4 nitrogen and oxygen atoms in total. The van der Waals surface area contributed by atoms with Gasteiger partial charge in [0.15, 0.2) is 5.82 Å². The van der Waals surface area contributed by atoms with E-state index in [1.807, 2.05) is 36.4 Å². The van der Waals surface area contributed by atoms with Crippen LogP contribution in [0, 0.1) is 0 Å². The Hall–Kier alpha value is -8.34. The highest BCUT2D eigenvalue weighted by Gasteiger charge is 2.17. The third-order valence-electron chi connectivity index (χ3n) is 12.2. The molecule has 0 atom stereocenters. The zero-order valence-corrected chi connectivity index (χ0v) is 33.7. The van der Waals surface area contributed by atoms with Crippen LogP contribution in [0.3, 0.4) is 0 Å². The molecule has 0 N–H and O–H groups in total. The zero-order valence-electron chi connectivity index (χ0n) is 33.7. The smallest absolute Gasteiger partial charge is 0.160 e. The summed E-state index contributed by atoms with van der Waals surface area (Å²) < 4.78 is 4.76. The van der Waals surface area contributed by atoms with Crippen LogP contribution in [0.2, 0.25) is 0 Å². The second-order valence-electron chi connectivity index (χ2n) is 15.8. The van der Waals surface area contributed by atoms with E-state index >= 15 is 0 Å². The molecule has 0 aliphatic carbocycles. The molecule has 0 aliphatic rings. The van der Waals surface area contributed by atoms with Crippen LogP contribution in [0.5, 0.6) is 0 Å². The number of para-hydroxylation sites is 3. The molecular weight excluding hydrogens is 753 g/mol. The minimum atomic E-state index is 0.703. The molecule has 3 heterocycles. The van der Waals surface area contributed by atoms with Crippen LogP contribution in [-0.4, -0.2) is 19.1 Å². The van der Waals surface area contributed by atoms with Crippen LogP contribution in [0.4, 0.5) is 0 Å². The predicted octanol–water partition coefficient (Wildman–Crippen LogP) is 15.0. The Morgan fingerprint density at radius 1 is 0.242 bits per heavy atom. The van der Waals surface area contributed by atoms with Gasteiger partial charge in [-0.3, -0.25) is 0 Å². The predicted molar refractivity (Wildman–Crippen MR) is 258 cm³/mol. The van der Waals surface area contributed by atoms with Crippen LogP contribution < -0.4 is 0 Å². The maximum atomic E-state index is 5.06. The summed E-state index contributed by atoms with van der Waals surface area (Å²) >= 11 is 0. The van der Waals surface area contributed by atoms with Crippen molar-refractivity contribution in [3.8, 4) is 67.5 Å². The second-order valence-corrected chi connectivity index (χ2v) is 15.8. The lowest BCUT2D eigenvalue weighted by Gasteiger charge is -2.11. The molecule has 0 aliphatic heterocycles. The van der Waals surface area contributed by atoms with E-state index < -0.39 is 0 Å². The van der Waals surface area contributed by atoms with Gasteiger partial charge in [0.1, 0.15) is 0 Å². The number of hydrogen-bond acceptors (Lipinski definition) is 2. The molecule has 0 saturated heterocycles. The van der Waals surface area contributed by atoms with Gasteiger partial charge in [-0.25, -0.2) is 9.97 Å². The standard InChI is InChI=1S/C58H38N4/c1-4-14-41(15-5-1)52-38-53(42-16-6-2-7-17-42)60-58(59-52)43-26-24-39(25-27-43)45-30-34-50-48-20-10-12-22-54(48)62(57(50)37-45)47-32-28-40(29-33-47)44-31-35-56-51(36-44)49-21-11-13-23-55(49)61(56)46-18-8-3-9-19-46/h1-38H. The second kappa shape index (κ2) is 14.7. The van der Waals surface area contributed by atoms with Crippen LogP contribution in [0.15, 0.2) is 231 Å². The third kappa shape index (κ3) is 6.08. The molecule has 0 radical (unpaired) electrons. The van der Waals surface area contributed by atoms with E-state index in [0.717, 1.165) is 44.9 Å². The summed E-state index contributed by atoms with van der Waals surface area (Å²) in [7, 11) is 0. The topological polar surface area (TPSA) is 35.6 Å². The van der Waals surface area contributed by atoms with E-state index in [1.54, 1.807) is 0 Å². The van der Waals surface area contributed by atoms with Gasteiger partial charge in [-0.1, -0.05) is 170 Å². The molecular formula is C58H38N4. The lowest BCUT2D eigenvalue weighted by molar-refractivity contribution is 1.18. The fraction of sp³-hybridized carbons (Fsp3) is 0. The molecule has 0 fully saturated rings. The first-order chi connectivity index (χ1) is 30.7. The molecule has 12 rings (SSSR count). The Morgan fingerprint density at radius 3 is 1.29 bits per heavy atom. The van der Waals surface area contributed by atoms with Gasteiger partial charge in [-0.05, 0) is 82.9 Å². The number of nitrogens with zero attached hydrogens (tertiary/aromatic N) is 4. The molecule has 0 spiro atoms. The van der Waals surface area contributed by atoms with E-state index in [4.69, 9.17) is 9.97 Å². The van der Waals surface area contributed by atoms with Gasteiger partial charge in [0.05, 0.1) is 33.5 Å². The number of rotatable bonds is 7. The normalized spacial score (nSPS) is 11.5.